The van der Waals surface area contributed by atoms with Gasteiger partial charge < -0.3 is 13.6 Å². The second-order valence-electron chi connectivity index (χ2n) is 11.4. The molecule has 1 atom stereocenters. The Bertz CT molecular complexity index is 1190. The number of benzene rings is 2. The highest BCUT2D eigenvalue weighted by atomic mass is 35.5. The maximum atomic E-state index is 14.0. The summed E-state index contributed by atoms with van der Waals surface area (Å²) in [5, 5.41) is 0. The van der Waals surface area contributed by atoms with Gasteiger partial charge in [-0.05, 0) is 43.0 Å². The van der Waals surface area contributed by atoms with Gasteiger partial charge in [0.05, 0.1) is 18.5 Å². The monoisotopic (exact) mass is 509 g/mol. The van der Waals surface area contributed by atoms with Crippen LogP contribution in [0.5, 0.6) is 0 Å². The first kappa shape index (κ1) is 25.3. The molecule has 1 aromatic heterocycles. The van der Waals surface area contributed by atoms with Gasteiger partial charge in [-0.3, -0.25) is 4.79 Å². The van der Waals surface area contributed by atoms with Gasteiger partial charge in [0, 0.05) is 18.8 Å². The van der Waals surface area contributed by atoms with Gasteiger partial charge in [0.2, 0.25) is 0 Å². The number of halogens is 1. The Hall–Kier alpha value is -2.37. The van der Waals surface area contributed by atoms with Gasteiger partial charge in [-0.25, -0.2) is 4.98 Å². The number of aromatic nitrogens is 1. The average Bonchev–Trinajstić information content (AvgIpc) is 3.09. The van der Waals surface area contributed by atoms with Gasteiger partial charge in [0.15, 0.2) is 18.2 Å². The van der Waals surface area contributed by atoms with Gasteiger partial charge >= 0.3 is 5.97 Å². The summed E-state index contributed by atoms with van der Waals surface area (Å²) in [6, 6.07) is 16.6. The van der Waals surface area contributed by atoms with E-state index in [1.165, 1.54) is 18.4 Å². The molecule has 0 spiro atoms. The molecule has 3 aromatic rings. The van der Waals surface area contributed by atoms with Crippen molar-refractivity contribution in [1.29, 1.82) is 0 Å². The number of fused-ring (bicyclic) bond motifs is 4. The van der Waals surface area contributed by atoms with Crippen molar-refractivity contribution in [2.24, 2.45) is 5.92 Å². The van der Waals surface area contributed by atoms with Crippen molar-refractivity contribution in [3.8, 4) is 0 Å². The Morgan fingerprint density at radius 3 is 2.50 bits per heavy atom. The highest BCUT2D eigenvalue weighted by Crippen LogP contribution is 2.42. The molecule has 5 nitrogen and oxygen atoms in total. The van der Waals surface area contributed by atoms with Gasteiger partial charge in [0.25, 0.3) is 5.89 Å². The first-order chi connectivity index (χ1) is 17.1. The Balaban J connectivity index is 0.00000267. The first-order valence-corrected chi connectivity index (χ1v) is 13.5. The normalized spacial score (nSPS) is 27.2. The lowest BCUT2D eigenvalue weighted by Gasteiger charge is -2.51. The van der Waals surface area contributed by atoms with Crippen molar-refractivity contribution in [3.63, 3.8) is 0 Å². The fourth-order valence-corrected chi connectivity index (χ4v) is 6.96. The van der Waals surface area contributed by atoms with Crippen molar-refractivity contribution in [3.05, 3.63) is 65.5 Å². The Labute approximate surface area is 220 Å². The predicted octanol–water partition coefficient (Wildman–Crippen LogP) is 6.50. The number of oxazole rings is 1. The molecule has 7 rings (SSSR count). The van der Waals surface area contributed by atoms with E-state index < -0.39 is 5.41 Å². The molecule has 4 fully saturated rings. The van der Waals surface area contributed by atoms with Crippen LogP contribution in [0.2, 0.25) is 0 Å². The number of nitrogens with zero attached hydrogens (tertiary/aromatic N) is 2. The summed E-state index contributed by atoms with van der Waals surface area (Å²) in [4.78, 5) is 18.8. The number of rotatable bonds is 5. The van der Waals surface area contributed by atoms with E-state index in [1.807, 2.05) is 12.1 Å². The molecule has 192 valence electrons. The molecular formula is C30H38ClN2O3+. The second kappa shape index (κ2) is 10.2. The molecular weight excluding hydrogens is 472 g/mol. The Morgan fingerprint density at radius 2 is 1.78 bits per heavy atom. The number of carbonyl (C=O) groups is 1. The molecule has 4 aliphatic rings. The largest absolute Gasteiger partial charge is 0.455 e. The number of hydrogen-bond acceptors (Lipinski definition) is 4. The van der Waals surface area contributed by atoms with E-state index in [-0.39, 0.29) is 24.5 Å². The van der Waals surface area contributed by atoms with Crippen LogP contribution in [0.3, 0.4) is 0 Å². The number of aryl methyl sites for hydroxylation is 1. The van der Waals surface area contributed by atoms with Crippen molar-refractivity contribution >= 4 is 29.5 Å². The van der Waals surface area contributed by atoms with Crippen LogP contribution in [-0.4, -0.2) is 41.2 Å². The van der Waals surface area contributed by atoms with E-state index in [4.69, 9.17) is 14.1 Å². The van der Waals surface area contributed by atoms with Crippen LogP contribution in [0.4, 0.5) is 0 Å². The summed E-state index contributed by atoms with van der Waals surface area (Å²) in [5.41, 5.74) is 3.62. The Kier molecular flexibility index (Phi) is 7.15. The minimum Gasteiger partial charge on any atom is -0.455 e. The third-order valence-electron chi connectivity index (χ3n) is 9.03. The lowest BCUT2D eigenvalue weighted by molar-refractivity contribution is -0.959. The molecule has 6 heteroatoms. The molecule has 3 aliphatic heterocycles. The number of piperidine rings is 3. The summed E-state index contributed by atoms with van der Waals surface area (Å²) < 4.78 is 13.6. The van der Waals surface area contributed by atoms with Crippen molar-refractivity contribution in [1.82, 2.24) is 4.98 Å². The summed E-state index contributed by atoms with van der Waals surface area (Å²) >= 11 is 0. The zero-order valence-electron chi connectivity index (χ0n) is 21.3. The first-order valence-electron chi connectivity index (χ1n) is 13.5. The predicted molar refractivity (Wildman–Crippen MR) is 143 cm³/mol. The summed E-state index contributed by atoms with van der Waals surface area (Å²) in [5.74, 6) is 1.30. The fourth-order valence-electron chi connectivity index (χ4n) is 6.96. The lowest BCUT2D eigenvalue weighted by atomic mass is 9.74. The lowest BCUT2D eigenvalue weighted by Crippen LogP contribution is -2.64. The van der Waals surface area contributed by atoms with E-state index in [0.717, 1.165) is 91.7 Å². The average molecular weight is 510 g/mol. The maximum absolute atomic E-state index is 14.0. The van der Waals surface area contributed by atoms with Gasteiger partial charge in [-0.1, -0.05) is 62.1 Å². The minimum absolute atomic E-state index is 0. The molecule has 0 radical (unpaired) electrons. The van der Waals surface area contributed by atoms with Crippen LogP contribution in [0, 0.1) is 12.8 Å². The van der Waals surface area contributed by atoms with Gasteiger partial charge in [-0.2, -0.15) is 0 Å². The molecule has 1 aliphatic carbocycles. The Morgan fingerprint density at radius 1 is 1.06 bits per heavy atom. The maximum Gasteiger partial charge on any atom is 0.317 e. The fraction of sp³-hybridized carbons (Fsp3) is 0.533. The van der Waals surface area contributed by atoms with E-state index in [1.54, 1.807) is 0 Å². The van der Waals surface area contributed by atoms with Crippen LogP contribution >= 0.6 is 12.4 Å². The zero-order chi connectivity index (χ0) is 23.9. The quantitative estimate of drug-likeness (QED) is 0.224. The van der Waals surface area contributed by atoms with E-state index in [2.05, 4.69) is 43.3 Å². The number of esters is 1. The minimum atomic E-state index is -0.493. The van der Waals surface area contributed by atoms with Gasteiger partial charge in [0.1, 0.15) is 12.1 Å². The molecule has 2 aromatic carbocycles. The zero-order valence-corrected chi connectivity index (χ0v) is 22.1. The van der Waals surface area contributed by atoms with E-state index in [9.17, 15) is 4.79 Å². The standard InChI is InChI=1S/C30H37N2O3.ClH/c1-22-11-12-25-26(19-22)34-28(31-25)21-32-17-13-23(14-18-32)27(20-32)35-29(33)30(15-7-2-3-8-16-30)24-9-5-4-6-10-24;/h4-6,9-12,19,23,27H,2-3,7-8,13-18,20-21H2,1H3;1H/q+1;/t23?,27-,32?;/m0./s1. The third-order valence-corrected chi connectivity index (χ3v) is 9.03. The smallest absolute Gasteiger partial charge is 0.317 e. The highest BCUT2D eigenvalue weighted by molar-refractivity contribution is 5.85. The van der Waals surface area contributed by atoms with Crippen molar-refractivity contribution < 1.29 is 18.4 Å². The van der Waals surface area contributed by atoms with Crippen LogP contribution in [0.25, 0.3) is 11.1 Å². The molecule has 1 saturated carbocycles. The third kappa shape index (κ3) is 4.68. The second-order valence-corrected chi connectivity index (χ2v) is 11.4. The van der Waals surface area contributed by atoms with Crippen LogP contribution in [0.15, 0.2) is 52.9 Å². The van der Waals surface area contributed by atoms with Crippen LogP contribution in [0.1, 0.15) is 68.4 Å². The topological polar surface area (TPSA) is 52.3 Å². The summed E-state index contributed by atoms with van der Waals surface area (Å²) in [7, 11) is 0. The number of quaternary nitrogens is 1. The van der Waals surface area contributed by atoms with Crippen LogP contribution in [-0.2, 0) is 21.5 Å². The molecule has 2 bridgehead atoms. The number of ether oxygens (including phenoxy) is 1. The molecule has 4 heterocycles. The van der Waals surface area contributed by atoms with Crippen molar-refractivity contribution in [2.75, 3.05) is 19.6 Å². The number of hydrogen-bond donors (Lipinski definition) is 0. The van der Waals surface area contributed by atoms with E-state index >= 15 is 0 Å². The van der Waals surface area contributed by atoms with Gasteiger partial charge in [-0.15, -0.1) is 12.4 Å². The molecule has 3 saturated heterocycles. The summed E-state index contributed by atoms with van der Waals surface area (Å²) in [6.07, 6.45) is 8.59. The number of carbonyl (C=O) groups excluding carboxylic acids is 1. The molecule has 0 N–H and O–H groups in total. The van der Waals surface area contributed by atoms with E-state index in [0.29, 0.717) is 5.92 Å². The SMILES string of the molecule is Cc1ccc2nc(C[N+]34CCC(CC3)[C@@H](OC(=O)C3(c5ccccc5)CCCCCC3)C4)oc2c1.Cl. The summed E-state index contributed by atoms with van der Waals surface area (Å²) in [6.45, 7) is 5.95. The highest BCUT2D eigenvalue weighted by Gasteiger charge is 2.50. The molecule has 0 amide bonds. The molecule has 36 heavy (non-hydrogen) atoms. The van der Waals surface area contributed by atoms with Crippen molar-refractivity contribution in [2.45, 2.75) is 76.4 Å². The molecule has 0 unspecified atom stereocenters. The van der Waals surface area contributed by atoms with Crippen LogP contribution < -0.4 is 0 Å².